The minimum absolute atomic E-state index is 0.197. The van der Waals surface area contributed by atoms with Gasteiger partial charge in [-0.25, -0.2) is 0 Å². The zero-order valence-electron chi connectivity index (χ0n) is 11.3. The molecule has 1 heterocycles. The third kappa shape index (κ3) is 3.23. The van der Waals surface area contributed by atoms with Crippen LogP contribution in [0.4, 0.5) is 0 Å². The Kier molecular flexibility index (Phi) is 4.28. The molecule has 104 valence electrons. The summed E-state index contributed by atoms with van der Waals surface area (Å²) in [5, 5.41) is 19.6. The summed E-state index contributed by atoms with van der Waals surface area (Å²) in [6.45, 7) is 3.61. The second-order valence-electron chi connectivity index (χ2n) is 6.16. The highest BCUT2D eigenvalue weighted by Gasteiger charge is 2.36. The number of aliphatic hydroxyl groups is 1. The van der Waals surface area contributed by atoms with Crippen LogP contribution in [0.15, 0.2) is 0 Å². The van der Waals surface area contributed by atoms with E-state index in [4.69, 9.17) is 5.11 Å². The number of nitrogens with zero attached hydrogens (tertiary/aromatic N) is 1. The first-order valence-corrected chi connectivity index (χ1v) is 7.19. The van der Waals surface area contributed by atoms with Crippen LogP contribution < -0.4 is 0 Å². The lowest BCUT2D eigenvalue weighted by atomic mass is 9.83. The molecule has 0 aromatic carbocycles. The Morgan fingerprint density at radius 1 is 1.33 bits per heavy atom. The van der Waals surface area contributed by atoms with E-state index in [9.17, 15) is 9.90 Å². The summed E-state index contributed by atoms with van der Waals surface area (Å²) < 4.78 is 0. The van der Waals surface area contributed by atoms with Crippen molar-refractivity contribution in [3.8, 4) is 0 Å². The van der Waals surface area contributed by atoms with Crippen molar-refractivity contribution in [2.24, 2.45) is 5.92 Å². The van der Waals surface area contributed by atoms with Gasteiger partial charge >= 0.3 is 5.97 Å². The molecule has 4 heteroatoms. The molecule has 0 bridgehead atoms. The van der Waals surface area contributed by atoms with Gasteiger partial charge in [0, 0.05) is 12.6 Å². The van der Waals surface area contributed by atoms with Crippen LogP contribution in [0.3, 0.4) is 0 Å². The number of carboxylic acids is 1. The molecule has 0 radical (unpaired) electrons. The molecule has 1 saturated carbocycles. The van der Waals surface area contributed by atoms with E-state index >= 15 is 0 Å². The van der Waals surface area contributed by atoms with Gasteiger partial charge in [0.1, 0.15) is 0 Å². The van der Waals surface area contributed by atoms with Gasteiger partial charge in [0.05, 0.1) is 11.5 Å². The van der Waals surface area contributed by atoms with Gasteiger partial charge in [-0.15, -0.1) is 0 Å². The standard InChI is InChI=1S/C14H25NO3/c1-11-9-12(13(16)17)5-8-15(11)10-14(18)6-3-2-4-7-14/h11-12,18H,2-10H2,1H3,(H,16,17). The number of piperidine rings is 1. The van der Waals surface area contributed by atoms with Crippen molar-refractivity contribution in [2.75, 3.05) is 13.1 Å². The molecule has 2 aliphatic rings. The fourth-order valence-electron chi connectivity index (χ4n) is 3.43. The predicted octanol–water partition coefficient (Wildman–Crippen LogP) is 1.87. The highest BCUT2D eigenvalue weighted by Crippen LogP contribution is 2.31. The van der Waals surface area contributed by atoms with Crippen molar-refractivity contribution in [3.63, 3.8) is 0 Å². The second kappa shape index (κ2) is 5.57. The molecule has 0 aromatic rings. The number of rotatable bonds is 3. The zero-order chi connectivity index (χ0) is 13.2. The van der Waals surface area contributed by atoms with E-state index in [1.807, 2.05) is 0 Å². The molecule has 2 unspecified atom stereocenters. The highest BCUT2D eigenvalue weighted by molar-refractivity contribution is 5.70. The summed E-state index contributed by atoms with van der Waals surface area (Å²) in [5.74, 6) is -0.866. The maximum Gasteiger partial charge on any atom is 0.306 e. The lowest BCUT2D eigenvalue weighted by molar-refractivity contribution is -0.144. The van der Waals surface area contributed by atoms with Crippen molar-refractivity contribution in [1.29, 1.82) is 0 Å². The van der Waals surface area contributed by atoms with Crippen LogP contribution in [0, 0.1) is 5.92 Å². The average molecular weight is 255 g/mol. The topological polar surface area (TPSA) is 60.8 Å². The first-order chi connectivity index (χ1) is 8.50. The van der Waals surface area contributed by atoms with E-state index in [2.05, 4.69) is 11.8 Å². The molecule has 0 amide bonds. The van der Waals surface area contributed by atoms with Gasteiger partial charge in [0.15, 0.2) is 0 Å². The third-order valence-electron chi connectivity index (χ3n) is 4.64. The number of hydrogen-bond donors (Lipinski definition) is 2. The Labute approximate surface area is 109 Å². The number of β-amino-alcohol motifs (C(OH)–C–C–N with tert-alkyl or cyclic N) is 1. The molecule has 18 heavy (non-hydrogen) atoms. The quantitative estimate of drug-likeness (QED) is 0.808. The molecule has 4 nitrogen and oxygen atoms in total. The van der Waals surface area contributed by atoms with Gasteiger partial charge < -0.3 is 10.2 Å². The maximum absolute atomic E-state index is 11.0. The van der Waals surface area contributed by atoms with Gasteiger partial charge in [-0.3, -0.25) is 9.69 Å². The van der Waals surface area contributed by atoms with Crippen molar-refractivity contribution in [2.45, 2.75) is 63.5 Å². The fourth-order valence-corrected chi connectivity index (χ4v) is 3.43. The lowest BCUT2D eigenvalue weighted by Crippen LogP contribution is -2.51. The van der Waals surface area contributed by atoms with Crippen LogP contribution in [-0.4, -0.2) is 45.8 Å². The Balaban J connectivity index is 1.88. The normalized spacial score (nSPS) is 33.2. The predicted molar refractivity (Wildman–Crippen MR) is 69.4 cm³/mol. The van der Waals surface area contributed by atoms with E-state index in [1.54, 1.807) is 0 Å². The Morgan fingerprint density at radius 2 is 2.00 bits per heavy atom. The maximum atomic E-state index is 11.0. The molecule has 2 N–H and O–H groups in total. The Bertz CT molecular complexity index is 299. The molecule has 2 atom stereocenters. The van der Waals surface area contributed by atoms with Gasteiger partial charge in [-0.2, -0.15) is 0 Å². The largest absolute Gasteiger partial charge is 0.481 e. The van der Waals surface area contributed by atoms with Crippen LogP contribution in [0.5, 0.6) is 0 Å². The highest BCUT2D eigenvalue weighted by atomic mass is 16.4. The summed E-state index contributed by atoms with van der Waals surface area (Å²) in [6, 6.07) is 0.269. The van der Waals surface area contributed by atoms with Gasteiger partial charge in [0.25, 0.3) is 0 Å². The van der Waals surface area contributed by atoms with Crippen molar-refractivity contribution in [3.05, 3.63) is 0 Å². The number of aliphatic carboxylic acids is 1. The molecule has 1 aliphatic carbocycles. The van der Waals surface area contributed by atoms with Crippen molar-refractivity contribution in [1.82, 2.24) is 4.90 Å². The summed E-state index contributed by atoms with van der Waals surface area (Å²) in [7, 11) is 0. The summed E-state index contributed by atoms with van der Waals surface area (Å²) in [5.41, 5.74) is -0.525. The molecule has 0 spiro atoms. The Morgan fingerprint density at radius 3 is 2.56 bits per heavy atom. The SMILES string of the molecule is CC1CC(C(=O)O)CCN1CC1(O)CCCCC1. The van der Waals surface area contributed by atoms with Crippen LogP contribution in [0.2, 0.25) is 0 Å². The number of likely N-dealkylation sites (tertiary alicyclic amines) is 1. The summed E-state index contributed by atoms with van der Waals surface area (Å²) >= 11 is 0. The molecule has 2 fully saturated rings. The van der Waals surface area contributed by atoms with Crippen LogP contribution in [-0.2, 0) is 4.79 Å². The molecule has 2 rings (SSSR count). The van der Waals surface area contributed by atoms with Crippen molar-refractivity contribution >= 4 is 5.97 Å². The zero-order valence-corrected chi connectivity index (χ0v) is 11.3. The summed E-state index contributed by atoms with van der Waals surface area (Å²) in [4.78, 5) is 13.3. The first-order valence-electron chi connectivity index (χ1n) is 7.19. The lowest BCUT2D eigenvalue weighted by Gasteiger charge is -2.42. The van der Waals surface area contributed by atoms with Gasteiger partial charge in [0.2, 0.25) is 0 Å². The molecule has 0 aromatic heterocycles. The molecule has 1 saturated heterocycles. The Hall–Kier alpha value is -0.610. The summed E-state index contributed by atoms with van der Waals surface area (Å²) in [6.07, 6.45) is 6.71. The number of carbonyl (C=O) groups is 1. The van der Waals surface area contributed by atoms with E-state index in [-0.39, 0.29) is 12.0 Å². The van der Waals surface area contributed by atoms with E-state index in [0.29, 0.717) is 6.42 Å². The smallest absolute Gasteiger partial charge is 0.306 e. The number of carboxylic acid groups (broad SMARTS) is 1. The molecule has 1 aliphatic heterocycles. The second-order valence-corrected chi connectivity index (χ2v) is 6.16. The fraction of sp³-hybridized carbons (Fsp3) is 0.929. The third-order valence-corrected chi connectivity index (χ3v) is 4.64. The van der Waals surface area contributed by atoms with Gasteiger partial charge in [-0.1, -0.05) is 19.3 Å². The minimum Gasteiger partial charge on any atom is -0.481 e. The average Bonchev–Trinajstić information content (AvgIpc) is 2.32. The molecular weight excluding hydrogens is 230 g/mol. The van der Waals surface area contributed by atoms with E-state index in [1.165, 1.54) is 6.42 Å². The van der Waals surface area contributed by atoms with Crippen molar-refractivity contribution < 1.29 is 15.0 Å². The molecular formula is C14H25NO3. The van der Waals surface area contributed by atoms with E-state index < -0.39 is 11.6 Å². The number of hydrogen-bond acceptors (Lipinski definition) is 3. The van der Waals surface area contributed by atoms with Crippen LogP contribution in [0.25, 0.3) is 0 Å². The van der Waals surface area contributed by atoms with E-state index in [0.717, 1.165) is 45.2 Å². The van der Waals surface area contributed by atoms with Crippen LogP contribution >= 0.6 is 0 Å². The van der Waals surface area contributed by atoms with Crippen LogP contribution in [0.1, 0.15) is 51.9 Å². The minimum atomic E-state index is -0.669. The monoisotopic (exact) mass is 255 g/mol. The first kappa shape index (κ1) is 13.8. The van der Waals surface area contributed by atoms with Gasteiger partial charge in [-0.05, 0) is 39.2 Å².